The fourth-order valence-electron chi connectivity index (χ4n) is 13.6. The van der Waals surface area contributed by atoms with Gasteiger partial charge in [-0.3, -0.25) is 19.6 Å². The molecule has 2 unspecified atom stereocenters. The Bertz CT molecular complexity index is 3510. The third-order valence-electron chi connectivity index (χ3n) is 20.4. The minimum Gasteiger partial charge on any atom is -0.399 e. The summed E-state index contributed by atoms with van der Waals surface area (Å²) >= 11 is 2.37. The van der Waals surface area contributed by atoms with E-state index in [1.54, 1.807) is 44.7 Å². The predicted molar refractivity (Wildman–Crippen MR) is 415 cm³/mol. The summed E-state index contributed by atoms with van der Waals surface area (Å²) in [4.78, 5) is 47.0. The van der Waals surface area contributed by atoms with Gasteiger partial charge in [0.15, 0.2) is 11.3 Å². The normalized spacial score (nSPS) is 21.2. The van der Waals surface area contributed by atoms with Crippen molar-refractivity contribution in [2.45, 2.75) is 218 Å². The van der Waals surface area contributed by atoms with Crippen molar-refractivity contribution in [1.82, 2.24) is 49.8 Å². The van der Waals surface area contributed by atoms with Crippen LogP contribution in [0.15, 0.2) is 61.2 Å². The van der Waals surface area contributed by atoms with Gasteiger partial charge in [0.2, 0.25) is 0 Å². The number of rotatable bonds is 28. The first-order valence-electron chi connectivity index (χ1n) is 36.1. The molecule has 26 heteroatoms. The highest BCUT2D eigenvalue weighted by Gasteiger charge is 2.52. The molecule has 1 aliphatic heterocycles. The van der Waals surface area contributed by atoms with Gasteiger partial charge in [-0.05, 0) is 149 Å². The van der Waals surface area contributed by atoms with Crippen molar-refractivity contribution in [3.8, 4) is 11.1 Å². The van der Waals surface area contributed by atoms with Gasteiger partial charge in [-0.25, -0.2) is 9.97 Å². The van der Waals surface area contributed by atoms with Crippen molar-refractivity contribution >= 4 is 102 Å². The first-order valence-corrected chi connectivity index (χ1v) is 52.0. The third-order valence-corrected chi connectivity index (χ3v) is 28.0. The van der Waals surface area contributed by atoms with E-state index in [0.29, 0.717) is 50.1 Å². The third kappa shape index (κ3) is 21.5. The van der Waals surface area contributed by atoms with Gasteiger partial charge in [0.25, 0.3) is 11.8 Å². The Balaban J connectivity index is 0.000000185. The second-order valence-electron chi connectivity index (χ2n) is 34.2. The van der Waals surface area contributed by atoms with Crippen LogP contribution in [0, 0.1) is 27.2 Å². The molecule has 5 fully saturated rings. The summed E-state index contributed by atoms with van der Waals surface area (Å²) < 4.78 is 42.0. The molecule has 11 rings (SSSR count). The lowest BCUT2D eigenvalue weighted by Gasteiger charge is -2.32. The van der Waals surface area contributed by atoms with Crippen LogP contribution < -0.4 is 25.9 Å². The number of pyridine rings is 2. The number of fused-ring (bicyclic) bond motifs is 6. The fourth-order valence-corrected chi connectivity index (χ4v) is 17.1. The van der Waals surface area contributed by atoms with E-state index in [1.807, 2.05) is 55.2 Å². The number of nitrogens with zero attached hydrogens (tertiary/aromatic N) is 10. The summed E-state index contributed by atoms with van der Waals surface area (Å²) in [7, 11) is -1.97. The minimum absolute atomic E-state index is 0.204. The Labute approximate surface area is 603 Å². The Hall–Kier alpha value is -4.50. The topological polar surface area (TPSA) is 206 Å². The lowest BCUT2D eigenvalue weighted by Crippen LogP contribution is -2.41. The summed E-state index contributed by atoms with van der Waals surface area (Å²) in [5.74, 6) is 5.95. The summed E-state index contributed by atoms with van der Waals surface area (Å²) in [6.07, 6.45) is 20.4. The fraction of sp³-hybridized carbons (Fsp3) is 0.667. The van der Waals surface area contributed by atoms with Crippen molar-refractivity contribution < 1.29 is 37.8 Å². The molecule has 2 N–H and O–H groups in total. The molecule has 1 saturated heterocycles. The van der Waals surface area contributed by atoms with Gasteiger partial charge in [0, 0.05) is 137 Å². The molecule has 4 bridgehead atoms. The zero-order valence-corrected chi connectivity index (χ0v) is 68.6. The van der Waals surface area contributed by atoms with Crippen molar-refractivity contribution in [3.05, 3.63) is 87.5 Å². The number of carbonyl (C=O) groups is 2. The molecule has 2 amide bonds. The molecule has 98 heavy (non-hydrogen) atoms. The Morgan fingerprint density at radius 2 is 0.918 bits per heavy atom. The summed E-state index contributed by atoms with van der Waals surface area (Å²) in [6.45, 7) is 41.6. The van der Waals surface area contributed by atoms with Gasteiger partial charge < -0.3 is 48.7 Å². The van der Waals surface area contributed by atoms with E-state index < -0.39 is 39.4 Å². The molecule has 6 atom stereocenters. The highest BCUT2D eigenvalue weighted by atomic mass is 127. The molecular formula is C72H116BIN12O8Si4. The van der Waals surface area contributed by atoms with E-state index in [9.17, 15) is 9.59 Å². The number of ether oxygens (including phenoxy) is 4. The van der Waals surface area contributed by atoms with E-state index in [0.717, 1.165) is 111 Å². The monoisotopic (exact) mass is 1530 g/mol. The van der Waals surface area contributed by atoms with Gasteiger partial charge in [-0.2, -0.15) is 19.2 Å². The second kappa shape index (κ2) is 33.3. The van der Waals surface area contributed by atoms with Crippen LogP contribution in [-0.2, 0) is 28.3 Å². The first kappa shape index (κ1) is 77.7. The number of anilines is 2. The average molecular weight is 1530 g/mol. The van der Waals surface area contributed by atoms with Crippen molar-refractivity contribution in [1.29, 1.82) is 0 Å². The highest BCUT2D eigenvalue weighted by molar-refractivity contribution is 14.1. The number of hydrogen-bond acceptors (Lipinski definition) is 16. The van der Waals surface area contributed by atoms with Crippen LogP contribution in [0.5, 0.6) is 0 Å². The minimum atomic E-state index is -1.22. The maximum atomic E-state index is 12.1. The van der Waals surface area contributed by atoms with Crippen molar-refractivity contribution in [2.75, 3.05) is 77.2 Å². The van der Waals surface area contributed by atoms with Crippen LogP contribution >= 0.6 is 22.6 Å². The SMILES string of the molecule is CNC(=O)c1ccc(-c2cnn3c(N(COCC[Si](C)(C)C)COCC[Si](C)(C)C)cc(C4C[C@H]5CC[C@@H](C4)C5)nc23)cn1.CNC(=O)c1ccc(B2OC(C)(C)C(C)(C)O2)cn1.C[Si](C)(C)CCOCN(COCC[Si](C)(C)C)c1cc(C2C[C@H]3CC[C@@H](C2)C3)nc2c(I)cnn12. The molecule has 5 aliphatic rings. The molecule has 0 aromatic carbocycles. The molecular weight excluding hydrogens is 1410 g/mol. The van der Waals surface area contributed by atoms with Gasteiger partial charge in [-0.15, -0.1) is 0 Å². The lowest BCUT2D eigenvalue weighted by atomic mass is 9.79. The standard InChI is InChI=1S/C33H52N6O3Si2.C26H45IN4O2Si2.C13H19BN2O3/c1-34-33(40)29-11-10-26(20-35-29)28-21-36-39-31(19-30(37-32(28)39)27-17-24-8-9-25(16-24)18-27)38(22-41-12-14-43(2,3)4)23-42-13-15-44(5,6)7;1-34(2,3)11-9-32-18-30(19-33-10-12-35(4,5)6)25-16-24(29-26-23(27)17-28-31(25)26)22-14-20-7-8-21(13-20)15-22;1-12(2)13(3,4)19-14(18-12)9-6-7-10(16-8-9)11(17)15-5/h10-11,19-21,24-25,27H,8-9,12-18,22-23H2,1-7H3,(H,34,40);16-17,20-22H,7-15,18-19H2,1-6H3;6-8H,1-5H3,(H,15,17)/t24-,25+,27?;20-,21+,22?;. The van der Waals surface area contributed by atoms with Crippen molar-refractivity contribution in [3.63, 3.8) is 0 Å². The van der Waals surface area contributed by atoms with E-state index >= 15 is 0 Å². The molecule has 6 aromatic rings. The molecule has 4 aliphatic carbocycles. The first-order chi connectivity index (χ1) is 46.1. The van der Waals surface area contributed by atoms with Crippen LogP contribution in [0.25, 0.3) is 22.4 Å². The molecule has 0 spiro atoms. The van der Waals surface area contributed by atoms with Gasteiger partial charge in [0.05, 0.1) is 27.2 Å². The Kier molecular flexibility index (Phi) is 26.4. The Morgan fingerprint density at radius 1 is 0.541 bits per heavy atom. The zero-order valence-electron chi connectivity index (χ0n) is 62.5. The zero-order chi connectivity index (χ0) is 71.0. The van der Waals surface area contributed by atoms with Gasteiger partial charge in [-0.1, -0.05) is 116 Å². The lowest BCUT2D eigenvalue weighted by molar-refractivity contribution is 0.00578. The van der Waals surface area contributed by atoms with E-state index in [2.05, 4.69) is 144 Å². The molecule has 4 saturated carbocycles. The number of halogens is 1. The van der Waals surface area contributed by atoms with Gasteiger partial charge in [0.1, 0.15) is 49.9 Å². The van der Waals surface area contributed by atoms with Crippen LogP contribution in [0.3, 0.4) is 0 Å². The summed E-state index contributed by atoms with van der Waals surface area (Å²) in [5, 5.41) is 14.7. The largest absolute Gasteiger partial charge is 0.496 e. The van der Waals surface area contributed by atoms with E-state index in [4.69, 9.17) is 48.4 Å². The number of hydrogen-bond donors (Lipinski definition) is 2. The van der Waals surface area contributed by atoms with E-state index in [1.165, 1.54) is 82.0 Å². The number of aromatic nitrogens is 8. The summed E-state index contributed by atoms with van der Waals surface area (Å²) in [6, 6.07) is 16.3. The molecule has 538 valence electrons. The quantitative estimate of drug-likeness (QED) is 0.0203. The number of carbonyl (C=O) groups excluding carboxylic acids is 2. The van der Waals surface area contributed by atoms with Gasteiger partial charge >= 0.3 is 7.12 Å². The predicted octanol–water partition coefficient (Wildman–Crippen LogP) is 14.7. The molecule has 7 heterocycles. The van der Waals surface area contributed by atoms with E-state index in [-0.39, 0.29) is 23.0 Å². The maximum absolute atomic E-state index is 12.1. The highest BCUT2D eigenvalue weighted by Crippen LogP contribution is 2.50. The second-order valence-corrected chi connectivity index (χ2v) is 57.8. The smallest absolute Gasteiger partial charge is 0.399 e. The van der Waals surface area contributed by atoms with Crippen LogP contribution in [0.2, 0.25) is 103 Å². The average Bonchev–Trinajstić information content (AvgIpc) is 1.56. The number of nitrogens with one attached hydrogen (secondary N) is 2. The maximum Gasteiger partial charge on any atom is 0.496 e. The van der Waals surface area contributed by atoms with Crippen LogP contribution in [0.4, 0.5) is 11.6 Å². The molecule has 20 nitrogen and oxygen atoms in total. The van der Waals surface area contributed by atoms with Crippen LogP contribution in [0.1, 0.15) is 136 Å². The van der Waals surface area contributed by atoms with Crippen LogP contribution in [-0.4, -0.2) is 169 Å². The number of amides is 2. The van der Waals surface area contributed by atoms with Crippen molar-refractivity contribution in [2.24, 2.45) is 23.7 Å². The Morgan fingerprint density at radius 3 is 1.29 bits per heavy atom. The molecule has 6 aromatic heterocycles. The molecule has 0 radical (unpaired) electrons. The summed E-state index contributed by atoms with van der Waals surface area (Å²) in [5.41, 5.74) is 6.74.